The zero-order chi connectivity index (χ0) is 22.4. The van der Waals surface area contributed by atoms with Gasteiger partial charge in [-0.05, 0) is 55.5 Å². The molecule has 0 radical (unpaired) electrons. The van der Waals surface area contributed by atoms with E-state index in [1.807, 2.05) is 34.6 Å². The Labute approximate surface area is 192 Å². The Balaban J connectivity index is 1.46. The number of nitrogens with one attached hydrogen (secondary N) is 1. The normalized spacial score (nSPS) is 17.6. The van der Waals surface area contributed by atoms with Crippen molar-refractivity contribution in [2.24, 2.45) is 0 Å². The summed E-state index contributed by atoms with van der Waals surface area (Å²) in [6.45, 7) is 4.04. The molecular weight excluding hydrogens is 414 g/mol. The molecular formula is C26H27N5O2. The van der Waals surface area contributed by atoms with Crippen molar-refractivity contribution in [3.8, 4) is 5.75 Å². The molecule has 2 aromatic carbocycles. The molecule has 0 bridgehead atoms. The molecule has 1 N–H and O–H groups in total. The number of nitrogens with zero attached hydrogens (tertiary/aromatic N) is 4. The highest BCUT2D eigenvalue weighted by Crippen LogP contribution is 2.39. The van der Waals surface area contributed by atoms with E-state index in [0.717, 1.165) is 60.6 Å². The Morgan fingerprint density at radius 3 is 2.76 bits per heavy atom. The highest BCUT2D eigenvalue weighted by molar-refractivity contribution is 5.93. The number of hydrogen-bond donors (Lipinski definition) is 1. The maximum absolute atomic E-state index is 13.9. The number of hydrogen-bond acceptors (Lipinski definition) is 4. The second kappa shape index (κ2) is 8.06. The van der Waals surface area contributed by atoms with E-state index in [-0.39, 0.29) is 11.9 Å². The number of benzene rings is 2. The van der Waals surface area contributed by atoms with Gasteiger partial charge in [0.1, 0.15) is 11.6 Å². The summed E-state index contributed by atoms with van der Waals surface area (Å²) in [4.78, 5) is 19.5. The van der Waals surface area contributed by atoms with E-state index < -0.39 is 0 Å². The molecule has 0 aliphatic carbocycles. The van der Waals surface area contributed by atoms with Gasteiger partial charge in [-0.3, -0.25) is 4.79 Å². The van der Waals surface area contributed by atoms with Crippen LogP contribution in [0.4, 0.5) is 0 Å². The number of aromatic nitrogens is 4. The number of para-hydroxylation sites is 1. The second-order valence-corrected chi connectivity index (χ2v) is 8.76. The lowest BCUT2D eigenvalue weighted by molar-refractivity contribution is 0.0672. The number of ether oxygens (including phenoxy) is 1. The van der Waals surface area contributed by atoms with Gasteiger partial charge in [-0.25, -0.2) is 0 Å². The number of aryl methyl sites for hydroxylation is 1. The van der Waals surface area contributed by atoms with Crippen molar-refractivity contribution in [2.75, 3.05) is 13.2 Å². The van der Waals surface area contributed by atoms with E-state index >= 15 is 0 Å². The van der Waals surface area contributed by atoms with Crippen LogP contribution >= 0.6 is 0 Å². The van der Waals surface area contributed by atoms with Gasteiger partial charge in [0.05, 0.1) is 12.6 Å². The fraction of sp³-hybridized carbons (Fsp3) is 0.346. The minimum absolute atomic E-state index is 0.0566. The number of fused-ring (bicyclic) bond motifs is 4. The Kier molecular flexibility index (Phi) is 4.89. The standard InChI is InChI=1S/C26H27N5O2/c1-2-33-18-12-10-17(11-13-18)24-23-20(19-7-3-4-8-21(19)27-23)14-16-31(24)26(32)25-29-28-22-9-5-6-15-30(22)25/h3-4,7-8,10-13,24,27H,2,5-6,9,14-16H2,1H3. The highest BCUT2D eigenvalue weighted by atomic mass is 16.5. The van der Waals surface area contributed by atoms with E-state index in [2.05, 4.69) is 45.5 Å². The molecule has 0 saturated carbocycles. The van der Waals surface area contributed by atoms with Gasteiger partial charge in [0, 0.05) is 36.1 Å². The van der Waals surface area contributed by atoms with Crippen molar-refractivity contribution in [1.82, 2.24) is 24.6 Å². The van der Waals surface area contributed by atoms with Gasteiger partial charge in [0.15, 0.2) is 0 Å². The van der Waals surface area contributed by atoms with Crippen LogP contribution in [-0.2, 0) is 19.4 Å². The summed E-state index contributed by atoms with van der Waals surface area (Å²) in [6.07, 6.45) is 3.84. The molecule has 4 heterocycles. The predicted octanol–water partition coefficient (Wildman–Crippen LogP) is 4.28. The largest absolute Gasteiger partial charge is 0.494 e. The van der Waals surface area contributed by atoms with Crippen LogP contribution in [0.25, 0.3) is 10.9 Å². The van der Waals surface area contributed by atoms with Gasteiger partial charge >= 0.3 is 0 Å². The molecule has 1 atom stereocenters. The van der Waals surface area contributed by atoms with Gasteiger partial charge in [0.25, 0.3) is 5.91 Å². The van der Waals surface area contributed by atoms with Gasteiger partial charge in [-0.15, -0.1) is 10.2 Å². The molecule has 33 heavy (non-hydrogen) atoms. The first kappa shape index (κ1) is 20.0. The fourth-order valence-electron chi connectivity index (χ4n) is 5.31. The molecule has 4 aromatic rings. The minimum Gasteiger partial charge on any atom is -0.494 e. The molecule has 0 fully saturated rings. The Hall–Kier alpha value is -3.61. The van der Waals surface area contributed by atoms with Crippen LogP contribution in [0.15, 0.2) is 48.5 Å². The lowest BCUT2D eigenvalue weighted by Gasteiger charge is -2.36. The van der Waals surface area contributed by atoms with E-state index in [9.17, 15) is 4.79 Å². The SMILES string of the molecule is CCOc1ccc(C2c3[nH]c4ccccc4c3CCN2C(=O)c2nnc3n2CCCC3)cc1. The average molecular weight is 442 g/mol. The van der Waals surface area contributed by atoms with Gasteiger partial charge in [-0.2, -0.15) is 0 Å². The molecule has 0 spiro atoms. The van der Waals surface area contributed by atoms with E-state index in [4.69, 9.17) is 4.74 Å². The zero-order valence-electron chi connectivity index (χ0n) is 18.8. The van der Waals surface area contributed by atoms with Crippen LogP contribution < -0.4 is 4.74 Å². The average Bonchev–Trinajstić information content (AvgIpc) is 3.45. The number of carbonyl (C=O) groups excluding carboxylic acids is 1. The van der Waals surface area contributed by atoms with Crippen LogP contribution in [0.3, 0.4) is 0 Å². The van der Waals surface area contributed by atoms with Crippen molar-refractivity contribution in [3.05, 3.63) is 77.0 Å². The maximum Gasteiger partial charge on any atom is 0.292 e. The number of aromatic amines is 1. The van der Waals surface area contributed by atoms with Crippen molar-refractivity contribution in [3.63, 3.8) is 0 Å². The first-order chi connectivity index (χ1) is 16.2. The van der Waals surface area contributed by atoms with Crippen LogP contribution in [-0.4, -0.2) is 43.7 Å². The predicted molar refractivity (Wildman–Crippen MR) is 125 cm³/mol. The van der Waals surface area contributed by atoms with Gasteiger partial charge in [0.2, 0.25) is 5.82 Å². The molecule has 1 amide bonds. The summed E-state index contributed by atoms with van der Waals surface area (Å²) in [6, 6.07) is 16.3. The first-order valence-electron chi connectivity index (χ1n) is 11.8. The third-order valence-corrected chi connectivity index (χ3v) is 6.85. The highest BCUT2D eigenvalue weighted by Gasteiger charge is 2.37. The summed E-state index contributed by atoms with van der Waals surface area (Å²) in [5, 5.41) is 9.88. The smallest absolute Gasteiger partial charge is 0.292 e. The van der Waals surface area contributed by atoms with E-state index in [0.29, 0.717) is 19.0 Å². The molecule has 0 saturated heterocycles. The van der Waals surface area contributed by atoms with Gasteiger partial charge in [-0.1, -0.05) is 30.3 Å². The van der Waals surface area contributed by atoms with Gasteiger partial charge < -0.3 is 19.2 Å². The first-order valence-corrected chi connectivity index (χ1v) is 11.8. The fourth-order valence-corrected chi connectivity index (χ4v) is 5.31. The molecule has 2 aliphatic rings. The summed E-state index contributed by atoms with van der Waals surface area (Å²) in [5.74, 6) is 2.16. The number of H-pyrrole nitrogens is 1. The van der Waals surface area contributed by atoms with Crippen molar-refractivity contribution in [1.29, 1.82) is 0 Å². The zero-order valence-corrected chi connectivity index (χ0v) is 18.8. The quantitative estimate of drug-likeness (QED) is 0.513. The Morgan fingerprint density at radius 2 is 1.91 bits per heavy atom. The van der Waals surface area contributed by atoms with Crippen LogP contribution in [0.5, 0.6) is 5.75 Å². The lowest BCUT2D eigenvalue weighted by atomic mass is 9.92. The molecule has 7 heteroatoms. The van der Waals surface area contributed by atoms with Crippen LogP contribution in [0.1, 0.15) is 59.1 Å². The summed E-state index contributed by atoms with van der Waals surface area (Å²) in [5.41, 5.74) is 4.53. The molecule has 2 aromatic heterocycles. The second-order valence-electron chi connectivity index (χ2n) is 8.76. The summed E-state index contributed by atoms with van der Waals surface area (Å²) < 4.78 is 7.67. The topological polar surface area (TPSA) is 76.0 Å². The molecule has 7 nitrogen and oxygen atoms in total. The van der Waals surface area contributed by atoms with Crippen LogP contribution in [0.2, 0.25) is 0 Å². The minimum atomic E-state index is -0.221. The third kappa shape index (κ3) is 3.30. The lowest BCUT2D eigenvalue weighted by Crippen LogP contribution is -2.42. The van der Waals surface area contributed by atoms with Crippen LogP contribution in [0, 0.1) is 0 Å². The monoisotopic (exact) mass is 441 g/mol. The molecule has 1 unspecified atom stereocenters. The summed E-state index contributed by atoms with van der Waals surface area (Å²) >= 11 is 0. The summed E-state index contributed by atoms with van der Waals surface area (Å²) in [7, 11) is 0. The van der Waals surface area contributed by atoms with Crippen molar-refractivity contribution >= 4 is 16.8 Å². The Morgan fingerprint density at radius 1 is 1.06 bits per heavy atom. The molecule has 2 aliphatic heterocycles. The number of rotatable bonds is 4. The number of amides is 1. The van der Waals surface area contributed by atoms with Crippen molar-refractivity contribution < 1.29 is 9.53 Å². The number of carbonyl (C=O) groups is 1. The third-order valence-electron chi connectivity index (χ3n) is 6.85. The van der Waals surface area contributed by atoms with Crippen molar-refractivity contribution in [2.45, 2.75) is 45.2 Å². The Bertz CT molecular complexity index is 1320. The molecule has 168 valence electrons. The van der Waals surface area contributed by atoms with E-state index in [1.54, 1.807) is 0 Å². The van der Waals surface area contributed by atoms with E-state index in [1.165, 1.54) is 10.9 Å². The molecule has 6 rings (SSSR count). The maximum atomic E-state index is 13.9.